The molecular formula is C22H22BrClN2O6. The minimum atomic E-state index is -0.689. The number of halogens is 2. The van der Waals surface area contributed by atoms with Crippen molar-refractivity contribution in [3.63, 3.8) is 0 Å². The minimum Gasteiger partial charge on any atom is -0.462 e. The number of esters is 2. The van der Waals surface area contributed by atoms with Crippen molar-refractivity contribution in [3.05, 3.63) is 57.5 Å². The molecule has 0 saturated heterocycles. The monoisotopic (exact) mass is 524 g/mol. The maximum atomic E-state index is 12.0. The van der Waals surface area contributed by atoms with Crippen molar-refractivity contribution in [2.75, 3.05) is 23.8 Å². The van der Waals surface area contributed by atoms with E-state index in [1.807, 2.05) is 6.92 Å². The first-order chi connectivity index (χ1) is 15.3. The Morgan fingerprint density at radius 3 is 2.31 bits per heavy atom. The smallest absolute Gasteiger partial charge is 0.338 e. The SMILES string of the molecule is CCCOC(=O)c1ccc(NC(=O)CCC(=O)OCC(=O)Nc2ccc(Br)cc2Cl)cc1. The highest BCUT2D eigenvalue weighted by molar-refractivity contribution is 9.10. The summed E-state index contributed by atoms with van der Waals surface area (Å²) in [4.78, 5) is 47.5. The summed E-state index contributed by atoms with van der Waals surface area (Å²) in [5, 5.41) is 5.49. The van der Waals surface area contributed by atoms with Gasteiger partial charge in [-0.05, 0) is 48.9 Å². The third-order valence-electron chi connectivity index (χ3n) is 3.97. The van der Waals surface area contributed by atoms with E-state index >= 15 is 0 Å². The van der Waals surface area contributed by atoms with Crippen molar-refractivity contribution in [3.8, 4) is 0 Å². The molecule has 0 aliphatic carbocycles. The molecule has 0 spiro atoms. The van der Waals surface area contributed by atoms with Crippen molar-refractivity contribution < 1.29 is 28.7 Å². The zero-order valence-electron chi connectivity index (χ0n) is 17.3. The van der Waals surface area contributed by atoms with Gasteiger partial charge in [0.15, 0.2) is 6.61 Å². The average molecular weight is 526 g/mol. The Morgan fingerprint density at radius 1 is 0.938 bits per heavy atom. The molecule has 8 nitrogen and oxygen atoms in total. The second-order valence-electron chi connectivity index (χ2n) is 6.59. The molecule has 170 valence electrons. The first-order valence-electron chi connectivity index (χ1n) is 9.76. The molecule has 2 aromatic rings. The lowest BCUT2D eigenvalue weighted by Crippen LogP contribution is -2.22. The van der Waals surface area contributed by atoms with E-state index in [0.29, 0.717) is 28.6 Å². The van der Waals surface area contributed by atoms with E-state index in [1.54, 1.807) is 30.3 Å². The maximum Gasteiger partial charge on any atom is 0.338 e. The van der Waals surface area contributed by atoms with Crippen molar-refractivity contribution in [2.24, 2.45) is 0 Å². The molecule has 0 bridgehead atoms. The molecule has 2 rings (SSSR count). The quantitative estimate of drug-likeness (QED) is 0.440. The van der Waals surface area contributed by atoms with Crippen LogP contribution in [0.5, 0.6) is 0 Å². The predicted octanol–water partition coefficient (Wildman–Crippen LogP) is 4.57. The van der Waals surface area contributed by atoms with Gasteiger partial charge in [-0.1, -0.05) is 34.5 Å². The number of anilines is 2. The Bertz CT molecular complexity index is 981. The van der Waals surface area contributed by atoms with Crippen LogP contribution < -0.4 is 10.6 Å². The summed E-state index contributed by atoms with van der Waals surface area (Å²) >= 11 is 9.27. The zero-order valence-corrected chi connectivity index (χ0v) is 19.6. The van der Waals surface area contributed by atoms with E-state index in [2.05, 4.69) is 26.6 Å². The van der Waals surface area contributed by atoms with Crippen molar-refractivity contribution >= 4 is 62.7 Å². The van der Waals surface area contributed by atoms with Crippen LogP contribution in [0.25, 0.3) is 0 Å². The molecule has 2 aromatic carbocycles. The summed E-state index contributed by atoms with van der Waals surface area (Å²) in [6.07, 6.45) is 0.408. The number of rotatable bonds is 10. The molecule has 0 unspecified atom stereocenters. The molecule has 10 heteroatoms. The number of carbonyl (C=O) groups excluding carboxylic acids is 4. The molecule has 0 aromatic heterocycles. The van der Waals surface area contributed by atoms with Crippen molar-refractivity contribution in [1.82, 2.24) is 0 Å². The number of nitrogens with one attached hydrogen (secondary N) is 2. The van der Waals surface area contributed by atoms with Crippen LogP contribution in [-0.4, -0.2) is 37.0 Å². The zero-order chi connectivity index (χ0) is 23.5. The molecule has 0 heterocycles. The van der Waals surface area contributed by atoms with Gasteiger partial charge in [0.25, 0.3) is 5.91 Å². The second kappa shape index (κ2) is 12.8. The Morgan fingerprint density at radius 2 is 1.66 bits per heavy atom. The molecule has 0 aliphatic rings. The van der Waals surface area contributed by atoms with E-state index in [-0.39, 0.29) is 12.8 Å². The lowest BCUT2D eigenvalue weighted by molar-refractivity contribution is -0.147. The first-order valence-corrected chi connectivity index (χ1v) is 10.9. The van der Waals surface area contributed by atoms with Gasteiger partial charge in [-0.15, -0.1) is 0 Å². The normalized spacial score (nSPS) is 10.2. The van der Waals surface area contributed by atoms with Crippen LogP contribution in [0.3, 0.4) is 0 Å². The van der Waals surface area contributed by atoms with Crippen LogP contribution in [0.4, 0.5) is 11.4 Å². The highest BCUT2D eigenvalue weighted by Crippen LogP contribution is 2.25. The fourth-order valence-electron chi connectivity index (χ4n) is 2.40. The van der Waals surface area contributed by atoms with E-state index in [1.165, 1.54) is 12.1 Å². The summed E-state index contributed by atoms with van der Waals surface area (Å²) in [5.74, 6) is -2.08. The molecule has 0 atom stereocenters. The Labute approximate surface area is 198 Å². The van der Waals surface area contributed by atoms with Gasteiger partial charge in [0, 0.05) is 16.6 Å². The predicted molar refractivity (Wildman–Crippen MR) is 124 cm³/mol. The summed E-state index contributed by atoms with van der Waals surface area (Å²) < 4.78 is 10.7. The Hall–Kier alpha value is -2.91. The molecule has 0 fully saturated rings. The van der Waals surface area contributed by atoms with Crippen LogP contribution in [0.15, 0.2) is 46.9 Å². The number of hydrogen-bond acceptors (Lipinski definition) is 6. The van der Waals surface area contributed by atoms with E-state index < -0.39 is 30.4 Å². The fraction of sp³-hybridized carbons (Fsp3) is 0.273. The first kappa shape index (κ1) is 25.4. The van der Waals surface area contributed by atoms with Crippen LogP contribution in [0.1, 0.15) is 36.5 Å². The van der Waals surface area contributed by atoms with E-state index in [0.717, 1.165) is 10.9 Å². The van der Waals surface area contributed by atoms with Crippen LogP contribution in [0.2, 0.25) is 5.02 Å². The number of benzene rings is 2. The topological polar surface area (TPSA) is 111 Å². The third-order valence-corrected chi connectivity index (χ3v) is 4.77. The van der Waals surface area contributed by atoms with Crippen LogP contribution in [0, 0.1) is 0 Å². The van der Waals surface area contributed by atoms with Crippen LogP contribution >= 0.6 is 27.5 Å². The summed E-state index contributed by atoms with van der Waals surface area (Å²) in [6, 6.07) is 11.1. The van der Waals surface area contributed by atoms with Crippen molar-refractivity contribution in [2.45, 2.75) is 26.2 Å². The van der Waals surface area contributed by atoms with Gasteiger partial charge >= 0.3 is 11.9 Å². The van der Waals surface area contributed by atoms with Gasteiger partial charge in [-0.3, -0.25) is 14.4 Å². The van der Waals surface area contributed by atoms with Gasteiger partial charge < -0.3 is 20.1 Å². The van der Waals surface area contributed by atoms with Gasteiger partial charge in [-0.2, -0.15) is 0 Å². The lowest BCUT2D eigenvalue weighted by Gasteiger charge is -2.09. The van der Waals surface area contributed by atoms with Gasteiger partial charge in [0.1, 0.15) is 0 Å². The molecule has 0 aliphatic heterocycles. The van der Waals surface area contributed by atoms with Crippen molar-refractivity contribution in [1.29, 1.82) is 0 Å². The van der Waals surface area contributed by atoms with Crippen LogP contribution in [-0.2, 0) is 23.9 Å². The number of ether oxygens (including phenoxy) is 2. The van der Waals surface area contributed by atoms with E-state index in [9.17, 15) is 19.2 Å². The summed E-state index contributed by atoms with van der Waals surface area (Å²) in [6.45, 7) is 1.74. The number of carbonyl (C=O) groups is 4. The largest absolute Gasteiger partial charge is 0.462 e. The fourth-order valence-corrected chi connectivity index (χ4v) is 3.12. The Kier molecular flexibility index (Phi) is 10.2. The molecular weight excluding hydrogens is 504 g/mol. The minimum absolute atomic E-state index is 0.126. The standard InChI is InChI=1S/C22H22BrClN2O6/c1-2-11-31-22(30)14-3-6-16(7-4-14)25-19(27)9-10-21(29)32-13-20(28)26-18-8-5-15(23)12-17(18)24/h3-8,12H,2,9-11,13H2,1H3,(H,25,27)(H,26,28). The van der Waals surface area contributed by atoms with Gasteiger partial charge in [0.05, 0.1) is 29.3 Å². The van der Waals surface area contributed by atoms with E-state index in [4.69, 9.17) is 21.1 Å². The molecule has 32 heavy (non-hydrogen) atoms. The summed E-state index contributed by atoms with van der Waals surface area (Å²) in [5.41, 5.74) is 1.24. The van der Waals surface area contributed by atoms with Gasteiger partial charge in [-0.25, -0.2) is 4.79 Å². The number of amides is 2. The molecule has 2 amide bonds. The maximum absolute atomic E-state index is 12.0. The molecule has 0 saturated carbocycles. The third kappa shape index (κ3) is 8.68. The number of hydrogen-bond donors (Lipinski definition) is 2. The Balaban J connectivity index is 1.70. The highest BCUT2D eigenvalue weighted by atomic mass is 79.9. The summed E-state index contributed by atoms with van der Waals surface area (Å²) in [7, 11) is 0. The average Bonchev–Trinajstić information content (AvgIpc) is 2.77. The lowest BCUT2D eigenvalue weighted by atomic mass is 10.2. The second-order valence-corrected chi connectivity index (χ2v) is 7.92. The molecule has 0 radical (unpaired) electrons. The molecule has 2 N–H and O–H groups in total. The van der Waals surface area contributed by atoms with Gasteiger partial charge in [0.2, 0.25) is 5.91 Å². The highest BCUT2D eigenvalue weighted by Gasteiger charge is 2.13.